The van der Waals surface area contributed by atoms with Crippen LogP contribution in [0.2, 0.25) is 0 Å². The predicted octanol–water partition coefficient (Wildman–Crippen LogP) is 6.21. The van der Waals surface area contributed by atoms with Gasteiger partial charge in [0.05, 0.1) is 24.2 Å². The Labute approximate surface area is 316 Å². The van der Waals surface area contributed by atoms with Crippen LogP contribution in [0.5, 0.6) is 0 Å². The van der Waals surface area contributed by atoms with Gasteiger partial charge in [0.15, 0.2) is 0 Å². The molecule has 2 aromatic carbocycles. The summed E-state index contributed by atoms with van der Waals surface area (Å²) in [5.41, 5.74) is 2.49. The highest BCUT2D eigenvalue weighted by atomic mass is 16.7. The molecule has 2 heterocycles. The summed E-state index contributed by atoms with van der Waals surface area (Å²) < 4.78 is 13.2. The molecule has 3 saturated carbocycles. The maximum Gasteiger partial charge on any atom is 0.481 e. The quantitative estimate of drug-likeness (QED) is 0.211. The van der Waals surface area contributed by atoms with E-state index in [1.165, 1.54) is 0 Å². The van der Waals surface area contributed by atoms with Crippen LogP contribution in [-0.2, 0) is 31.7 Å². The van der Waals surface area contributed by atoms with Crippen molar-refractivity contribution in [2.75, 3.05) is 13.1 Å². The SMILES string of the molecule is CCCCc1ccc(C(=O)N[C@H](C(=O)N2C(=O)N(CCCc3ccccc3)C[C@H]2C(=O)N[C@@H](CC)B2O[C@@H]3CC4CC(C4(C)C)[C@]3(C)O2)C(C)C)cc1. The van der Waals surface area contributed by atoms with Gasteiger partial charge >= 0.3 is 13.1 Å². The van der Waals surface area contributed by atoms with Gasteiger partial charge in [-0.15, -0.1) is 0 Å². The fourth-order valence-corrected chi connectivity index (χ4v) is 9.21. The third kappa shape index (κ3) is 7.79. The Kier molecular flexibility index (Phi) is 11.7. The highest BCUT2D eigenvalue weighted by Gasteiger charge is 2.68. The number of hydrogen-bond acceptors (Lipinski definition) is 6. The zero-order valence-corrected chi connectivity index (χ0v) is 32.7. The number of hydrogen-bond donors (Lipinski definition) is 2. The number of carbonyl (C=O) groups excluding carboxylic acids is 4. The molecule has 2 bridgehead atoms. The van der Waals surface area contributed by atoms with Crippen molar-refractivity contribution in [2.24, 2.45) is 23.2 Å². The van der Waals surface area contributed by atoms with E-state index in [4.69, 9.17) is 9.31 Å². The van der Waals surface area contributed by atoms with Crippen LogP contribution in [0.15, 0.2) is 54.6 Å². The summed E-state index contributed by atoms with van der Waals surface area (Å²) >= 11 is 0. The highest BCUT2D eigenvalue weighted by molar-refractivity contribution is 6.48. The van der Waals surface area contributed by atoms with E-state index in [0.29, 0.717) is 36.8 Å². The van der Waals surface area contributed by atoms with E-state index in [-0.39, 0.29) is 24.0 Å². The van der Waals surface area contributed by atoms with E-state index < -0.39 is 54.5 Å². The summed E-state index contributed by atoms with van der Waals surface area (Å²) in [5.74, 6) is -1.26. The molecule has 286 valence electrons. The zero-order chi connectivity index (χ0) is 38.1. The summed E-state index contributed by atoms with van der Waals surface area (Å²) in [6, 6.07) is 14.8. The number of unbranched alkanes of at least 4 members (excludes halogenated alkanes) is 1. The number of nitrogens with one attached hydrogen (secondary N) is 2. The van der Waals surface area contributed by atoms with E-state index in [1.54, 1.807) is 17.0 Å². The Morgan fingerprint density at radius 2 is 1.60 bits per heavy atom. The summed E-state index contributed by atoms with van der Waals surface area (Å²) in [7, 11) is -0.631. The molecular weight excluding hydrogens is 667 g/mol. The number of benzene rings is 2. The first-order valence-corrected chi connectivity index (χ1v) is 20.0. The first-order chi connectivity index (χ1) is 25.3. The van der Waals surface area contributed by atoms with Crippen molar-refractivity contribution >= 4 is 30.9 Å². The summed E-state index contributed by atoms with van der Waals surface area (Å²) in [5, 5.41) is 6.04. The van der Waals surface area contributed by atoms with E-state index in [2.05, 4.69) is 38.3 Å². The molecule has 11 heteroatoms. The molecule has 0 spiro atoms. The topological polar surface area (TPSA) is 117 Å². The third-order valence-corrected chi connectivity index (χ3v) is 12.8. The predicted molar refractivity (Wildman–Crippen MR) is 206 cm³/mol. The minimum Gasteiger partial charge on any atom is -0.404 e. The molecule has 2 saturated heterocycles. The fourth-order valence-electron chi connectivity index (χ4n) is 9.21. The molecule has 10 nitrogen and oxygen atoms in total. The number of imide groups is 1. The monoisotopic (exact) mass is 726 g/mol. The van der Waals surface area contributed by atoms with Crippen LogP contribution in [0, 0.1) is 23.2 Å². The Hall–Kier alpha value is -3.70. The van der Waals surface area contributed by atoms with Crippen LogP contribution in [-0.4, -0.2) is 83.5 Å². The minimum atomic E-state index is -1.08. The number of urea groups is 1. The number of aryl methyl sites for hydroxylation is 2. The first kappa shape index (κ1) is 39.0. The molecule has 2 aromatic rings. The molecule has 5 aliphatic rings. The van der Waals surface area contributed by atoms with Crippen LogP contribution in [0.4, 0.5) is 4.79 Å². The fraction of sp³-hybridized carbons (Fsp3) is 0.619. The molecule has 2 N–H and O–H groups in total. The minimum absolute atomic E-state index is 0.0376. The lowest BCUT2D eigenvalue weighted by Gasteiger charge is -2.64. The number of rotatable bonds is 15. The molecule has 2 aliphatic heterocycles. The number of nitrogens with zero attached hydrogens (tertiary/aromatic N) is 2. The highest BCUT2D eigenvalue weighted by Crippen LogP contribution is 2.65. The van der Waals surface area contributed by atoms with E-state index in [1.807, 2.05) is 63.2 Å². The van der Waals surface area contributed by atoms with Gasteiger partial charge in [-0.1, -0.05) is 90.4 Å². The van der Waals surface area contributed by atoms with Crippen LogP contribution < -0.4 is 10.6 Å². The second-order valence-electron chi connectivity index (χ2n) is 16.9. The zero-order valence-electron chi connectivity index (χ0n) is 32.7. The number of amides is 5. The molecule has 5 amide bonds. The van der Waals surface area contributed by atoms with Crippen molar-refractivity contribution in [1.29, 1.82) is 0 Å². The summed E-state index contributed by atoms with van der Waals surface area (Å²) in [6.45, 7) is 15.0. The molecule has 7 atom stereocenters. The Balaban J connectivity index is 1.18. The molecule has 2 unspecified atom stereocenters. The summed E-state index contributed by atoms with van der Waals surface area (Å²) in [6.07, 6.45) is 7.08. The van der Waals surface area contributed by atoms with Gasteiger partial charge in [-0.25, -0.2) is 9.69 Å². The lowest BCUT2D eigenvalue weighted by Crippen LogP contribution is -2.65. The van der Waals surface area contributed by atoms with Gasteiger partial charge in [0.1, 0.15) is 12.1 Å². The van der Waals surface area contributed by atoms with Gasteiger partial charge in [0.25, 0.3) is 11.8 Å². The Morgan fingerprint density at radius 3 is 2.25 bits per heavy atom. The van der Waals surface area contributed by atoms with Gasteiger partial charge in [-0.3, -0.25) is 14.4 Å². The van der Waals surface area contributed by atoms with Crippen LogP contribution in [0.1, 0.15) is 108 Å². The normalized spacial score (nSPS) is 26.9. The van der Waals surface area contributed by atoms with Gasteiger partial charge in [0.2, 0.25) is 5.91 Å². The molecule has 53 heavy (non-hydrogen) atoms. The molecule has 0 aromatic heterocycles. The van der Waals surface area contributed by atoms with Crippen molar-refractivity contribution in [3.8, 4) is 0 Å². The van der Waals surface area contributed by atoms with Crippen molar-refractivity contribution in [3.05, 3.63) is 71.3 Å². The molecule has 3 aliphatic carbocycles. The smallest absolute Gasteiger partial charge is 0.404 e. The third-order valence-electron chi connectivity index (χ3n) is 12.8. The lowest BCUT2D eigenvalue weighted by molar-refractivity contribution is -0.199. The van der Waals surface area contributed by atoms with Crippen LogP contribution in [0.3, 0.4) is 0 Å². The Morgan fingerprint density at radius 1 is 0.925 bits per heavy atom. The van der Waals surface area contributed by atoms with Crippen molar-refractivity contribution in [3.63, 3.8) is 0 Å². The van der Waals surface area contributed by atoms with Crippen molar-refractivity contribution < 1.29 is 28.5 Å². The summed E-state index contributed by atoms with van der Waals surface area (Å²) in [4.78, 5) is 59.0. The molecule has 0 radical (unpaired) electrons. The maximum atomic E-state index is 14.5. The standard InChI is InChI=1S/C42H59BN4O6/c1-8-10-15-29-19-21-30(22-20-29)37(48)45-36(27(3)4)39(50)47-32(26-46(40(47)51)23-14-18-28-16-12-11-13-17-28)38(49)44-35(9-2)43-52-34-25-31-24-33(41(31,5)6)42(34,7)53-43/h11-13,16-17,19-22,27,31-36H,8-10,14-15,18,23-26H2,1-7H3,(H,44,49)(H,45,48)/t31?,32-,33?,34+,35-,36-,42-/m0/s1. The van der Waals surface area contributed by atoms with Gasteiger partial charge in [-0.2, -0.15) is 0 Å². The molecule has 5 fully saturated rings. The Bertz CT molecular complexity index is 1640. The average molecular weight is 727 g/mol. The lowest BCUT2D eigenvalue weighted by atomic mass is 9.43. The number of carbonyl (C=O) groups is 4. The van der Waals surface area contributed by atoms with Crippen LogP contribution in [0.25, 0.3) is 0 Å². The second kappa shape index (κ2) is 16.0. The van der Waals surface area contributed by atoms with Gasteiger partial charge in [-0.05, 0) is 98.3 Å². The first-order valence-electron chi connectivity index (χ1n) is 20.0. The van der Waals surface area contributed by atoms with Crippen LogP contribution >= 0.6 is 0 Å². The molecular formula is C42H59BN4O6. The van der Waals surface area contributed by atoms with Gasteiger partial charge < -0.3 is 24.8 Å². The maximum absolute atomic E-state index is 14.5. The van der Waals surface area contributed by atoms with Gasteiger partial charge in [0, 0.05) is 12.1 Å². The van der Waals surface area contributed by atoms with E-state index >= 15 is 0 Å². The van der Waals surface area contributed by atoms with E-state index in [9.17, 15) is 19.2 Å². The van der Waals surface area contributed by atoms with Crippen molar-refractivity contribution in [2.45, 2.75) is 130 Å². The largest absolute Gasteiger partial charge is 0.481 e. The van der Waals surface area contributed by atoms with E-state index in [0.717, 1.165) is 54.6 Å². The van der Waals surface area contributed by atoms with Crippen molar-refractivity contribution in [1.82, 2.24) is 20.4 Å². The second-order valence-corrected chi connectivity index (χ2v) is 16.9. The molecule has 7 rings (SSSR count). The average Bonchev–Trinajstić information content (AvgIpc) is 3.68.